The van der Waals surface area contributed by atoms with Crippen molar-refractivity contribution in [2.24, 2.45) is 5.73 Å². The first kappa shape index (κ1) is 13.7. The molecule has 0 aliphatic heterocycles. The van der Waals surface area contributed by atoms with Crippen LogP contribution in [0.15, 0.2) is 22.7 Å². The van der Waals surface area contributed by atoms with Crippen LogP contribution in [0.2, 0.25) is 0 Å². The second-order valence-electron chi connectivity index (χ2n) is 4.84. The van der Waals surface area contributed by atoms with Gasteiger partial charge >= 0.3 is 0 Å². The van der Waals surface area contributed by atoms with Gasteiger partial charge in [-0.15, -0.1) is 0 Å². The van der Waals surface area contributed by atoms with Crippen molar-refractivity contribution in [2.45, 2.75) is 39.2 Å². The minimum Gasteiger partial charge on any atom is -0.339 e. The summed E-state index contributed by atoms with van der Waals surface area (Å²) in [7, 11) is 0. The van der Waals surface area contributed by atoms with Crippen LogP contribution < -0.4 is 5.73 Å². The molecular weight excluding hydrogens is 245 g/mol. The molecule has 0 fully saturated rings. The van der Waals surface area contributed by atoms with E-state index in [2.05, 4.69) is 10.1 Å². The number of benzene rings is 1. The summed E-state index contributed by atoms with van der Waals surface area (Å²) >= 11 is 0. The minimum absolute atomic E-state index is 0.182. The van der Waals surface area contributed by atoms with Gasteiger partial charge < -0.3 is 10.3 Å². The van der Waals surface area contributed by atoms with E-state index >= 15 is 0 Å². The Labute approximate surface area is 111 Å². The molecule has 0 bridgehead atoms. The molecule has 0 aliphatic carbocycles. The Morgan fingerprint density at radius 2 is 2.21 bits per heavy atom. The first-order valence-electron chi connectivity index (χ1n) is 6.41. The van der Waals surface area contributed by atoms with Gasteiger partial charge in [-0.05, 0) is 50.5 Å². The number of aryl methyl sites for hydroxylation is 2. The Kier molecular flexibility index (Phi) is 4.27. The van der Waals surface area contributed by atoms with Crippen molar-refractivity contribution in [1.29, 1.82) is 0 Å². The predicted molar refractivity (Wildman–Crippen MR) is 71.0 cm³/mol. The summed E-state index contributed by atoms with van der Waals surface area (Å²) in [6.07, 6.45) is 2.56. The molecule has 2 N–H and O–H groups in total. The molecule has 1 aromatic heterocycles. The smallest absolute Gasteiger partial charge is 0.226 e. The molecule has 1 heterocycles. The monoisotopic (exact) mass is 263 g/mol. The largest absolute Gasteiger partial charge is 0.339 e. The van der Waals surface area contributed by atoms with Crippen molar-refractivity contribution < 1.29 is 8.91 Å². The third kappa shape index (κ3) is 3.61. The SMILES string of the molecule is Cc1cc(F)ccc1-c1noc(CCCC(C)N)n1. The molecular formula is C14H18FN3O. The third-order valence-electron chi connectivity index (χ3n) is 2.95. The number of hydrogen-bond donors (Lipinski definition) is 1. The zero-order valence-corrected chi connectivity index (χ0v) is 11.2. The quantitative estimate of drug-likeness (QED) is 0.900. The Morgan fingerprint density at radius 1 is 1.42 bits per heavy atom. The van der Waals surface area contributed by atoms with Gasteiger partial charge in [-0.2, -0.15) is 4.98 Å². The molecule has 1 unspecified atom stereocenters. The van der Waals surface area contributed by atoms with Crippen LogP contribution in [-0.2, 0) is 6.42 Å². The fraction of sp³-hybridized carbons (Fsp3) is 0.429. The Hall–Kier alpha value is -1.75. The van der Waals surface area contributed by atoms with E-state index < -0.39 is 0 Å². The predicted octanol–water partition coefficient (Wildman–Crippen LogP) is 2.85. The van der Waals surface area contributed by atoms with Gasteiger partial charge in [0.2, 0.25) is 11.7 Å². The van der Waals surface area contributed by atoms with Gasteiger partial charge in [0.25, 0.3) is 0 Å². The average Bonchev–Trinajstić information content (AvgIpc) is 2.77. The van der Waals surface area contributed by atoms with Crippen LogP contribution in [0.5, 0.6) is 0 Å². The summed E-state index contributed by atoms with van der Waals surface area (Å²) in [5.74, 6) is 0.842. The van der Waals surface area contributed by atoms with E-state index in [1.54, 1.807) is 6.07 Å². The summed E-state index contributed by atoms with van der Waals surface area (Å²) in [5.41, 5.74) is 7.27. The lowest BCUT2D eigenvalue weighted by molar-refractivity contribution is 0.373. The van der Waals surface area contributed by atoms with Crippen molar-refractivity contribution in [3.8, 4) is 11.4 Å². The molecule has 0 spiro atoms. The molecule has 0 radical (unpaired) electrons. The maximum Gasteiger partial charge on any atom is 0.226 e. The molecule has 4 nitrogen and oxygen atoms in total. The molecule has 0 aliphatic rings. The summed E-state index contributed by atoms with van der Waals surface area (Å²) in [5, 5.41) is 3.93. The molecule has 0 saturated carbocycles. The van der Waals surface area contributed by atoms with E-state index in [-0.39, 0.29) is 11.9 Å². The standard InChI is InChI=1S/C14H18FN3O/c1-9-8-11(15)6-7-12(9)14-17-13(19-18-14)5-3-4-10(2)16/h6-8,10H,3-5,16H2,1-2H3. The summed E-state index contributed by atoms with van der Waals surface area (Å²) in [6.45, 7) is 3.80. The first-order chi connectivity index (χ1) is 9.06. The van der Waals surface area contributed by atoms with Crippen LogP contribution in [0.25, 0.3) is 11.4 Å². The number of aromatic nitrogens is 2. The Balaban J connectivity index is 2.08. The highest BCUT2D eigenvalue weighted by atomic mass is 19.1. The maximum absolute atomic E-state index is 13.0. The van der Waals surface area contributed by atoms with E-state index in [9.17, 15) is 4.39 Å². The highest BCUT2D eigenvalue weighted by molar-refractivity contribution is 5.59. The van der Waals surface area contributed by atoms with Gasteiger partial charge in [0.15, 0.2) is 0 Å². The van der Waals surface area contributed by atoms with Gasteiger partial charge in [0, 0.05) is 18.0 Å². The topological polar surface area (TPSA) is 64.9 Å². The number of hydrogen-bond acceptors (Lipinski definition) is 4. The maximum atomic E-state index is 13.0. The highest BCUT2D eigenvalue weighted by Gasteiger charge is 2.11. The molecule has 2 rings (SSSR count). The summed E-state index contributed by atoms with van der Waals surface area (Å²) in [4.78, 5) is 4.33. The van der Waals surface area contributed by atoms with Crippen LogP contribution in [0.1, 0.15) is 31.2 Å². The lowest BCUT2D eigenvalue weighted by atomic mass is 10.1. The van der Waals surface area contributed by atoms with Crippen LogP contribution in [0.3, 0.4) is 0 Å². The van der Waals surface area contributed by atoms with E-state index in [1.165, 1.54) is 12.1 Å². The van der Waals surface area contributed by atoms with Crippen molar-refractivity contribution >= 4 is 0 Å². The lowest BCUT2D eigenvalue weighted by Crippen LogP contribution is -2.14. The highest BCUT2D eigenvalue weighted by Crippen LogP contribution is 2.21. The van der Waals surface area contributed by atoms with Crippen LogP contribution in [0, 0.1) is 12.7 Å². The van der Waals surface area contributed by atoms with Crippen molar-refractivity contribution in [2.75, 3.05) is 0 Å². The summed E-state index contributed by atoms with van der Waals surface area (Å²) in [6, 6.07) is 4.71. The fourth-order valence-electron chi connectivity index (χ4n) is 1.92. The average molecular weight is 263 g/mol. The summed E-state index contributed by atoms with van der Waals surface area (Å²) < 4.78 is 18.2. The molecule has 0 amide bonds. The van der Waals surface area contributed by atoms with Gasteiger partial charge in [-0.25, -0.2) is 4.39 Å². The second kappa shape index (κ2) is 5.93. The van der Waals surface area contributed by atoms with Gasteiger partial charge in [-0.3, -0.25) is 0 Å². The third-order valence-corrected chi connectivity index (χ3v) is 2.95. The second-order valence-corrected chi connectivity index (χ2v) is 4.84. The van der Waals surface area contributed by atoms with Crippen LogP contribution in [-0.4, -0.2) is 16.2 Å². The minimum atomic E-state index is -0.262. The van der Waals surface area contributed by atoms with E-state index in [4.69, 9.17) is 10.3 Å². The zero-order chi connectivity index (χ0) is 13.8. The zero-order valence-electron chi connectivity index (χ0n) is 11.2. The number of halogens is 1. The molecule has 0 saturated heterocycles. The van der Waals surface area contributed by atoms with Crippen molar-refractivity contribution in [3.05, 3.63) is 35.5 Å². The fourth-order valence-corrected chi connectivity index (χ4v) is 1.92. The molecule has 19 heavy (non-hydrogen) atoms. The first-order valence-corrected chi connectivity index (χ1v) is 6.41. The number of nitrogens with two attached hydrogens (primary N) is 1. The normalized spacial score (nSPS) is 12.6. The Morgan fingerprint density at radius 3 is 2.89 bits per heavy atom. The van der Waals surface area contributed by atoms with Crippen LogP contribution in [0.4, 0.5) is 4.39 Å². The molecule has 1 aromatic carbocycles. The van der Waals surface area contributed by atoms with Gasteiger partial charge in [0.1, 0.15) is 5.82 Å². The van der Waals surface area contributed by atoms with Gasteiger partial charge in [0.05, 0.1) is 0 Å². The number of nitrogens with zero attached hydrogens (tertiary/aromatic N) is 2. The van der Waals surface area contributed by atoms with E-state index in [0.29, 0.717) is 11.7 Å². The van der Waals surface area contributed by atoms with Crippen molar-refractivity contribution in [3.63, 3.8) is 0 Å². The lowest BCUT2D eigenvalue weighted by Gasteiger charge is -2.01. The van der Waals surface area contributed by atoms with Crippen molar-refractivity contribution in [1.82, 2.24) is 10.1 Å². The molecule has 102 valence electrons. The van der Waals surface area contributed by atoms with Crippen LogP contribution >= 0.6 is 0 Å². The number of rotatable bonds is 5. The Bertz CT molecular complexity index is 551. The van der Waals surface area contributed by atoms with E-state index in [0.717, 1.165) is 30.4 Å². The molecule has 5 heteroatoms. The molecule has 1 atom stereocenters. The molecule has 2 aromatic rings. The van der Waals surface area contributed by atoms with E-state index in [1.807, 2.05) is 13.8 Å². The van der Waals surface area contributed by atoms with Gasteiger partial charge in [-0.1, -0.05) is 5.16 Å².